The van der Waals surface area contributed by atoms with Gasteiger partial charge in [-0.1, -0.05) is 0 Å². The molecule has 2 aliphatic heterocycles. The molecular weight excluding hydrogens is 439 g/mol. The van der Waals surface area contributed by atoms with Crippen LogP contribution >= 0.6 is 0 Å². The van der Waals surface area contributed by atoms with Gasteiger partial charge in [0.1, 0.15) is 17.6 Å². The number of hydrogen-bond donors (Lipinski definition) is 0. The van der Waals surface area contributed by atoms with E-state index in [1.54, 1.807) is 4.57 Å². The molecule has 13 heteroatoms. The van der Waals surface area contributed by atoms with Crippen LogP contribution in [0.2, 0.25) is 0 Å². The van der Waals surface area contributed by atoms with Crippen molar-refractivity contribution in [2.75, 3.05) is 13.2 Å². The Morgan fingerprint density at radius 1 is 1.09 bits per heavy atom. The molecule has 0 aliphatic carbocycles. The van der Waals surface area contributed by atoms with E-state index in [4.69, 9.17) is 4.74 Å². The van der Waals surface area contributed by atoms with Crippen molar-refractivity contribution in [3.05, 3.63) is 59.3 Å². The number of rotatable bonds is 2. The standard InChI is InChI=1S/C19H13F5N6O2/c20-9-1-2-12(26-5-9)16-27-28-17-13-8-32-7-10(6-29(16)17)30(13)18(31)11-3-4-25-15(14(11)21)19(22,23)24/h1-5,10,13H,6-8H2/t10-,13-/m1/s1. The Bertz CT molecular complexity index is 1200. The van der Waals surface area contributed by atoms with Crippen LogP contribution in [0.25, 0.3) is 11.5 Å². The van der Waals surface area contributed by atoms with Crippen molar-refractivity contribution in [2.24, 2.45) is 0 Å². The Morgan fingerprint density at radius 3 is 2.62 bits per heavy atom. The fourth-order valence-corrected chi connectivity index (χ4v) is 3.97. The molecule has 5 heterocycles. The van der Waals surface area contributed by atoms with Gasteiger partial charge in [0.25, 0.3) is 5.91 Å². The number of fused-ring (bicyclic) bond motifs is 4. The Kier molecular flexibility index (Phi) is 4.65. The van der Waals surface area contributed by atoms with E-state index in [2.05, 4.69) is 20.2 Å². The van der Waals surface area contributed by atoms with Crippen LogP contribution in [0.1, 0.15) is 27.9 Å². The van der Waals surface area contributed by atoms with Gasteiger partial charge in [0.05, 0.1) is 31.0 Å². The second-order valence-electron chi connectivity index (χ2n) is 7.29. The highest BCUT2D eigenvalue weighted by atomic mass is 19.4. The van der Waals surface area contributed by atoms with Crippen LogP contribution in [0, 0.1) is 11.6 Å². The van der Waals surface area contributed by atoms with Gasteiger partial charge in [-0.05, 0) is 18.2 Å². The van der Waals surface area contributed by atoms with Gasteiger partial charge in [0.2, 0.25) is 0 Å². The van der Waals surface area contributed by atoms with Crippen molar-refractivity contribution in [1.82, 2.24) is 29.6 Å². The molecule has 0 saturated carbocycles. The van der Waals surface area contributed by atoms with Crippen LogP contribution < -0.4 is 0 Å². The van der Waals surface area contributed by atoms with Crippen LogP contribution in [-0.2, 0) is 17.5 Å². The first-order valence-electron chi connectivity index (χ1n) is 9.43. The third-order valence-electron chi connectivity index (χ3n) is 5.37. The molecule has 1 fully saturated rings. The lowest BCUT2D eigenvalue weighted by molar-refractivity contribution is -0.143. The maximum Gasteiger partial charge on any atom is 0.436 e. The molecule has 2 bridgehead atoms. The van der Waals surface area contributed by atoms with Gasteiger partial charge in [-0.15, -0.1) is 10.2 Å². The van der Waals surface area contributed by atoms with E-state index in [0.717, 1.165) is 18.5 Å². The highest BCUT2D eigenvalue weighted by Crippen LogP contribution is 2.37. The lowest BCUT2D eigenvalue weighted by Crippen LogP contribution is -2.56. The molecule has 0 aromatic carbocycles. The van der Waals surface area contributed by atoms with Crippen molar-refractivity contribution in [3.8, 4) is 11.5 Å². The van der Waals surface area contributed by atoms with E-state index < -0.39 is 47.1 Å². The second kappa shape index (κ2) is 7.29. The number of carbonyl (C=O) groups is 1. The molecule has 0 radical (unpaired) electrons. The number of alkyl halides is 3. The van der Waals surface area contributed by atoms with Gasteiger partial charge >= 0.3 is 6.18 Å². The SMILES string of the molecule is O=C(c1ccnc(C(F)(F)F)c1F)N1[C@H]2COC[C@@H]1c1nnc(-c3ccc(F)cn3)n1C2. The molecule has 2 aliphatic rings. The van der Waals surface area contributed by atoms with Crippen molar-refractivity contribution in [3.63, 3.8) is 0 Å². The molecule has 32 heavy (non-hydrogen) atoms. The number of ether oxygens (including phenoxy) is 1. The molecule has 3 aromatic heterocycles. The first-order chi connectivity index (χ1) is 15.3. The molecule has 8 nitrogen and oxygen atoms in total. The van der Waals surface area contributed by atoms with E-state index in [1.165, 1.54) is 17.0 Å². The summed E-state index contributed by atoms with van der Waals surface area (Å²) < 4.78 is 74.2. The monoisotopic (exact) mass is 452 g/mol. The number of pyridine rings is 2. The molecule has 0 unspecified atom stereocenters. The molecule has 166 valence electrons. The van der Waals surface area contributed by atoms with Crippen LogP contribution in [0.4, 0.5) is 22.0 Å². The molecule has 5 rings (SSSR count). The average molecular weight is 452 g/mol. The first-order valence-corrected chi connectivity index (χ1v) is 9.43. The van der Waals surface area contributed by atoms with E-state index in [0.29, 0.717) is 17.3 Å². The zero-order valence-corrected chi connectivity index (χ0v) is 16.1. The minimum Gasteiger partial charge on any atom is -0.377 e. The highest BCUT2D eigenvalue weighted by molar-refractivity contribution is 5.95. The maximum atomic E-state index is 14.6. The second-order valence-corrected chi connectivity index (χ2v) is 7.29. The van der Waals surface area contributed by atoms with Crippen molar-refractivity contribution >= 4 is 5.91 Å². The van der Waals surface area contributed by atoms with Gasteiger partial charge in [-0.25, -0.2) is 18.7 Å². The van der Waals surface area contributed by atoms with Crippen molar-refractivity contribution in [1.29, 1.82) is 0 Å². The van der Waals surface area contributed by atoms with E-state index >= 15 is 0 Å². The summed E-state index contributed by atoms with van der Waals surface area (Å²) in [5.41, 5.74) is -2.13. The Balaban J connectivity index is 1.54. The zero-order valence-electron chi connectivity index (χ0n) is 16.1. The number of morpholine rings is 1. The molecule has 2 atom stereocenters. The largest absolute Gasteiger partial charge is 0.436 e. The third-order valence-corrected chi connectivity index (χ3v) is 5.37. The third kappa shape index (κ3) is 3.20. The number of hydrogen-bond acceptors (Lipinski definition) is 6. The van der Waals surface area contributed by atoms with E-state index in [9.17, 15) is 26.7 Å². The topological polar surface area (TPSA) is 86.0 Å². The Labute approximate surface area is 176 Å². The van der Waals surface area contributed by atoms with Crippen LogP contribution in [-0.4, -0.2) is 54.8 Å². The molecule has 1 amide bonds. The summed E-state index contributed by atoms with van der Waals surface area (Å²) in [7, 11) is 0. The number of aromatic nitrogens is 5. The fraction of sp³-hybridized carbons (Fsp3) is 0.316. The minimum absolute atomic E-state index is 0.00392. The van der Waals surface area contributed by atoms with E-state index in [-0.39, 0.29) is 19.8 Å². The fourth-order valence-electron chi connectivity index (χ4n) is 3.97. The lowest BCUT2D eigenvalue weighted by Gasteiger charge is -2.45. The van der Waals surface area contributed by atoms with Gasteiger partial charge in [0.15, 0.2) is 23.2 Å². The van der Waals surface area contributed by atoms with Crippen LogP contribution in [0.15, 0.2) is 30.6 Å². The summed E-state index contributed by atoms with van der Waals surface area (Å²) in [6.07, 6.45) is -3.27. The van der Waals surface area contributed by atoms with Crippen molar-refractivity contribution in [2.45, 2.75) is 24.8 Å². The Hall–Kier alpha value is -3.48. The number of nitrogens with zero attached hydrogens (tertiary/aromatic N) is 6. The van der Waals surface area contributed by atoms with Gasteiger partial charge in [-0.2, -0.15) is 13.2 Å². The smallest absolute Gasteiger partial charge is 0.377 e. The van der Waals surface area contributed by atoms with Gasteiger partial charge < -0.3 is 14.2 Å². The number of halogens is 5. The molecular formula is C19H13F5N6O2. The predicted molar refractivity (Wildman–Crippen MR) is 95.9 cm³/mol. The summed E-state index contributed by atoms with van der Waals surface area (Å²) in [4.78, 5) is 21.5. The maximum absolute atomic E-state index is 14.6. The summed E-state index contributed by atoms with van der Waals surface area (Å²) in [6, 6.07) is 2.14. The summed E-state index contributed by atoms with van der Waals surface area (Å²) in [5.74, 6) is -2.53. The molecule has 1 saturated heterocycles. The first kappa shape index (κ1) is 20.4. The minimum atomic E-state index is -5.04. The normalized spacial score (nSPS) is 20.2. The van der Waals surface area contributed by atoms with Crippen molar-refractivity contribution < 1.29 is 31.5 Å². The van der Waals surface area contributed by atoms with Crippen LogP contribution in [0.5, 0.6) is 0 Å². The quantitative estimate of drug-likeness (QED) is 0.556. The van der Waals surface area contributed by atoms with Gasteiger partial charge in [0, 0.05) is 12.7 Å². The van der Waals surface area contributed by atoms with E-state index in [1.807, 2.05) is 0 Å². The Morgan fingerprint density at radius 2 is 1.91 bits per heavy atom. The van der Waals surface area contributed by atoms with Gasteiger partial charge in [-0.3, -0.25) is 4.79 Å². The van der Waals surface area contributed by atoms with Crippen LogP contribution in [0.3, 0.4) is 0 Å². The number of amides is 1. The highest BCUT2D eigenvalue weighted by Gasteiger charge is 2.45. The average Bonchev–Trinajstić information content (AvgIpc) is 3.16. The lowest BCUT2D eigenvalue weighted by atomic mass is 10.0. The zero-order chi connectivity index (χ0) is 22.6. The molecule has 3 aromatic rings. The predicted octanol–water partition coefficient (Wildman–Crippen LogP) is 2.63. The number of carbonyl (C=O) groups excluding carboxylic acids is 1. The summed E-state index contributed by atoms with van der Waals surface area (Å²) in [5, 5.41) is 8.19. The summed E-state index contributed by atoms with van der Waals surface area (Å²) in [6.45, 7) is 0.211. The summed E-state index contributed by atoms with van der Waals surface area (Å²) >= 11 is 0. The molecule has 0 N–H and O–H groups in total. The molecule has 0 spiro atoms.